The molecule has 9 heteroatoms. The normalized spacial score (nSPS) is 21.4. The molecule has 1 fully saturated rings. The van der Waals surface area contributed by atoms with Gasteiger partial charge in [-0.05, 0) is 39.3 Å². The number of hydrogen-bond donors (Lipinski definition) is 1. The maximum atomic E-state index is 14.3. The molecule has 0 aromatic carbocycles. The highest BCUT2D eigenvalue weighted by molar-refractivity contribution is 6.29. The van der Waals surface area contributed by atoms with Crippen molar-refractivity contribution in [2.45, 2.75) is 45.0 Å². The highest BCUT2D eigenvalue weighted by Gasteiger charge is 2.34. The van der Waals surface area contributed by atoms with E-state index in [1.807, 2.05) is 0 Å². The molecule has 0 radical (unpaired) electrons. The molecule has 0 saturated carbocycles. The number of piperidine rings is 1. The summed E-state index contributed by atoms with van der Waals surface area (Å²) in [4.78, 5) is 21.9. The second kappa shape index (κ2) is 6.67. The van der Waals surface area contributed by atoms with E-state index in [0.717, 1.165) is 0 Å². The first-order valence-corrected chi connectivity index (χ1v) is 8.41. The molecule has 1 saturated heterocycles. The number of nitrogens with one attached hydrogen (secondary N) is 1. The third kappa shape index (κ3) is 4.31. The SMILES string of the molecule is CC(C)(C)OC(=O)N1CC[C@H](F)[C@H](Nc2nc3nc(Cl)ccc3o2)C1. The number of hydrogen-bond acceptors (Lipinski definition) is 6. The number of carbonyl (C=O) groups excluding carboxylic acids is 1. The van der Waals surface area contributed by atoms with Gasteiger partial charge < -0.3 is 19.4 Å². The van der Waals surface area contributed by atoms with Gasteiger partial charge in [0.15, 0.2) is 5.58 Å². The Morgan fingerprint density at radius 3 is 2.92 bits per heavy atom. The van der Waals surface area contributed by atoms with Gasteiger partial charge in [0.05, 0.1) is 6.04 Å². The zero-order chi connectivity index (χ0) is 18.2. The lowest BCUT2D eigenvalue weighted by Crippen LogP contribution is -2.52. The van der Waals surface area contributed by atoms with Gasteiger partial charge in [-0.15, -0.1) is 0 Å². The monoisotopic (exact) mass is 370 g/mol. The van der Waals surface area contributed by atoms with Crippen LogP contribution in [0.5, 0.6) is 0 Å². The predicted octanol–water partition coefficient (Wildman–Crippen LogP) is 3.64. The number of nitrogens with zero attached hydrogens (tertiary/aromatic N) is 3. The van der Waals surface area contributed by atoms with Gasteiger partial charge in [-0.25, -0.2) is 14.2 Å². The molecule has 136 valence electrons. The van der Waals surface area contributed by atoms with E-state index in [1.54, 1.807) is 32.9 Å². The smallest absolute Gasteiger partial charge is 0.410 e. The zero-order valence-corrected chi connectivity index (χ0v) is 15.0. The summed E-state index contributed by atoms with van der Waals surface area (Å²) in [5.74, 6) is 0. The topological polar surface area (TPSA) is 80.5 Å². The van der Waals surface area contributed by atoms with Gasteiger partial charge in [0.1, 0.15) is 16.9 Å². The number of ether oxygens (including phenoxy) is 1. The van der Waals surface area contributed by atoms with Crippen molar-refractivity contribution in [1.29, 1.82) is 0 Å². The molecule has 0 bridgehead atoms. The molecule has 1 aliphatic heterocycles. The van der Waals surface area contributed by atoms with Crippen LogP contribution >= 0.6 is 11.6 Å². The van der Waals surface area contributed by atoms with E-state index in [4.69, 9.17) is 20.8 Å². The third-order valence-electron chi connectivity index (χ3n) is 3.71. The summed E-state index contributed by atoms with van der Waals surface area (Å²) < 4.78 is 25.1. The summed E-state index contributed by atoms with van der Waals surface area (Å²) >= 11 is 5.82. The molecule has 0 aliphatic carbocycles. The van der Waals surface area contributed by atoms with Crippen molar-refractivity contribution >= 4 is 34.9 Å². The lowest BCUT2D eigenvalue weighted by Gasteiger charge is -2.35. The van der Waals surface area contributed by atoms with Gasteiger partial charge in [-0.2, -0.15) is 4.98 Å². The second-order valence-electron chi connectivity index (χ2n) is 6.96. The first-order valence-electron chi connectivity index (χ1n) is 8.03. The minimum absolute atomic E-state index is 0.142. The first-order chi connectivity index (χ1) is 11.7. The van der Waals surface area contributed by atoms with Gasteiger partial charge in [0.25, 0.3) is 6.01 Å². The molecule has 2 atom stereocenters. The summed E-state index contributed by atoms with van der Waals surface area (Å²) in [6.07, 6.45) is -1.39. The minimum atomic E-state index is -1.13. The fraction of sp³-hybridized carbons (Fsp3) is 0.562. The Morgan fingerprint density at radius 1 is 1.44 bits per heavy atom. The molecule has 0 unspecified atom stereocenters. The molecular weight excluding hydrogens is 351 g/mol. The third-order valence-corrected chi connectivity index (χ3v) is 3.92. The van der Waals surface area contributed by atoms with Gasteiger partial charge in [0, 0.05) is 13.1 Å². The molecule has 3 heterocycles. The van der Waals surface area contributed by atoms with Crippen molar-refractivity contribution in [3.8, 4) is 0 Å². The average Bonchev–Trinajstić information content (AvgIpc) is 2.89. The summed E-state index contributed by atoms with van der Waals surface area (Å²) in [6.45, 7) is 5.83. The highest BCUT2D eigenvalue weighted by atomic mass is 35.5. The van der Waals surface area contributed by atoms with Gasteiger partial charge in [-0.3, -0.25) is 0 Å². The number of rotatable bonds is 2. The molecule has 1 aliphatic rings. The number of amides is 1. The number of fused-ring (bicyclic) bond motifs is 1. The van der Waals surface area contributed by atoms with E-state index in [0.29, 0.717) is 22.9 Å². The lowest BCUT2D eigenvalue weighted by atomic mass is 10.0. The van der Waals surface area contributed by atoms with E-state index in [2.05, 4.69) is 15.3 Å². The summed E-state index contributed by atoms with van der Waals surface area (Å²) in [7, 11) is 0. The van der Waals surface area contributed by atoms with Crippen LogP contribution in [0.2, 0.25) is 5.15 Å². The maximum absolute atomic E-state index is 14.3. The summed E-state index contributed by atoms with van der Waals surface area (Å²) in [5, 5.41) is 3.20. The van der Waals surface area contributed by atoms with Crippen molar-refractivity contribution in [3.63, 3.8) is 0 Å². The molecule has 0 spiro atoms. The summed E-state index contributed by atoms with van der Waals surface area (Å²) in [6, 6.07) is 2.72. The van der Waals surface area contributed by atoms with E-state index >= 15 is 0 Å². The van der Waals surface area contributed by atoms with Crippen molar-refractivity contribution in [2.75, 3.05) is 18.4 Å². The number of oxazole rings is 1. The van der Waals surface area contributed by atoms with Crippen molar-refractivity contribution in [1.82, 2.24) is 14.9 Å². The van der Waals surface area contributed by atoms with E-state index in [1.165, 1.54) is 4.90 Å². The number of alkyl halides is 1. The Bertz CT molecular complexity index is 776. The highest BCUT2D eigenvalue weighted by Crippen LogP contribution is 2.23. The van der Waals surface area contributed by atoms with Crippen LogP contribution in [0, 0.1) is 0 Å². The van der Waals surface area contributed by atoms with Crippen LogP contribution in [0.4, 0.5) is 15.2 Å². The molecular formula is C16H20ClFN4O3. The van der Waals surface area contributed by atoms with Crippen molar-refractivity contribution in [3.05, 3.63) is 17.3 Å². The fourth-order valence-corrected chi connectivity index (χ4v) is 2.71. The van der Waals surface area contributed by atoms with Crippen LogP contribution in [0.3, 0.4) is 0 Å². The Balaban J connectivity index is 1.70. The molecule has 1 amide bonds. The maximum Gasteiger partial charge on any atom is 0.410 e. The average molecular weight is 371 g/mol. The lowest BCUT2D eigenvalue weighted by molar-refractivity contribution is 0.0149. The van der Waals surface area contributed by atoms with Crippen molar-refractivity contribution < 1.29 is 18.3 Å². The Kier molecular flexibility index (Phi) is 4.73. The number of halogens is 2. The van der Waals surface area contributed by atoms with E-state index in [-0.39, 0.29) is 19.0 Å². The zero-order valence-electron chi connectivity index (χ0n) is 14.3. The molecule has 3 rings (SSSR count). The Hall–Kier alpha value is -2.09. The van der Waals surface area contributed by atoms with E-state index < -0.39 is 23.9 Å². The van der Waals surface area contributed by atoms with Crippen molar-refractivity contribution in [2.24, 2.45) is 0 Å². The molecule has 25 heavy (non-hydrogen) atoms. The van der Waals surface area contributed by atoms with Crippen LogP contribution < -0.4 is 5.32 Å². The number of pyridine rings is 1. The second-order valence-corrected chi connectivity index (χ2v) is 7.34. The number of anilines is 1. The number of carbonyl (C=O) groups is 1. The van der Waals surface area contributed by atoms with Gasteiger partial charge in [-0.1, -0.05) is 11.6 Å². The number of likely N-dealkylation sites (tertiary alicyclic amines) is 1. The predicted molar refractivity (Wildman–Crippen MR) is 91.5 cm³/mol. The van der Waals surface area contributed by atoms with E-state index in [9.17, 15) is 9.18 Å². The first kappa shape index (κ1) is 17.7. The molecule has 2 aromatic rings. The van der Waals surface area contributed by atoms with Crippen LogP contribution in [-0.2, 0) is 4.74 Å². The Labute approximate surface area is 149 Å². The largest absolute Gasteiger partial charge is 0.444 e. The van der Waals surface area contributed by atoms with Crippen LogP contribution in [0.1, 0.15) is 27.2 Å². The minimum Gasteiger partial charge on any atom is -0.444 e. The van der Waals surface area contributed by atoms with Gasteiger partial charge >= 0.3 is 6.09 Å². The van der Waals surface area contributed by atoms with Crippen LogP contribution in [0.25, 0.3) is 11.2 Å². The molecule has 7 nitrogen and oxygen atoms in total. The van der Waals surface area contributed by atoms with Crippen LogP contribution in [-0.4, -0.2) is 51.9 Å². The Morgan fingerprint density at radius 2 is 2.20 bits per heavy atom. The molecule has 1 N–H and O–H groups in total. The summed E-state index contributed by atoms with van der Waals surface area (Å²) in [5.41, 5.74) is 0.185. The molecule has 2 aromatic heterocycles. The fourth-order valence-electron chi connectivity index (χ4n) is 2.57. The standard InChI is InChI=1S/C16H20ClFN4O3/c1-16(2,3)25-15(23)22-7-6-9(18)10(8-22)19-14-21-13-11(24-14)4-5-12(17)20-13/h4-5,9-10H,6-8H2,1-3H3,(H,19,20,21)/t9-,10+/m0/s1. The number of aromatic nitrogens is 2. The van der Waals surface area contributed by atoms with Gasteiger partial charge in [0.2, 0.25) is 5.65 Å². The van der Waals surface area contributed by atoms with Crippen LogP contribution in [0.15, 0.2) is 16.5 Å². The quantitative estimate of drug-likeness (QED) is 0.813.